The molecule has 0 heterocycles. The number of nitrogens with one attached hydrogen (secondary N) is 4. The second kappa shape index (κ2) is 16.5. The highest BCUT2D eigenvalue weighted by atomic mass is 28.4. The lowest BCUT2D eigenvalue weighted by atomic mass is 10.3. The fourth-order valence-corrected chi connectivity index (χ4v) is 5.57. The molecule has 0 bridgehead atoms. The van der Waals surface area contributed by atoms with Gasteiger partial charge in [0.05, 0.1) is 6.61 Å². The van der Waals surface area contributed by atoms with Crippen molar-refractivity contribution in [1.82, 2.24) is 10.6 Å². The van der Waals surface area contributed by atoms with Gasteiger partial charge in [0.25, 0.3) is 0 Å². The molecule has 0 atom stereocenters. The average Bonchev–Trinajstić information content (AvgIpc) is 2.74. The fraction of sp³-hybridized carbons (Fsp3) is 0.619. The summed E-state index contributed by atoms with van der Waals surface area (Å²) < 4.78 is 22.4. The molecule has 10 nitrogen and oxygen atoms in total. The third-order valence-corrected chi connectivity index (χ3v) is 7.31. The topological polar surface area (TPSA) is 119 Å². The van der Waals surface area contributed by atoms with E-state index in [0.29, 0.717) is 44.3 Å². The van der Waals surface area contributed by atoms with Crippen LogP contribution in [0.4, 0.5) is 21.0 Å². The molecule has 1 aromatic carbocycles. The van der Waals surface area contributed by atoms with Gasteiger partial charge in [-0.3, -0.25) is 5.32 Å². The molecule has 0 fully saturated rings. The van der Waals surface area contributed by atoms with E-state index < -0.39 is 14.9 Å². The summed E-state index contributed by atoms with van der Waals surface area (Å²) in [7, 11) is -2.60. The van der Waals surface area contributed by atoms with Crippen LogP contribution in [0, 0.1) is 0 Å². The van der Waals surface area contributed by atoms with E-state index in [2.05, 4.69) is 21.3 Å². The Kier molecular flexibility index (Phi) is 14.3. The van der Waals surface area contributed by atoms with E-state index in [1.165, 1.54) is 0 Å². The van der Waals surface area contributed by atoms with E-state index >= 15 is 0 Å². The van der Waals surface area contributed by atoms with Crippen LogP contribution < -0.4 is 21.3 Å². The van der Waals surface area contributed by atoms with E-state index in [-0.39, 0.29) is 12.6 Å². The zero-order chi connectivity index (χ0) is 23.7. The molecule has 4 N–H and O–H groups in total. The van der Waals surface area contributed by atoms with Gasteiger partial charge in [0.15, 0.2) is 0 Å². The summed E-state index contributed by atoms with van der Waals surface area (Å²) in [4.78, 5) is 23.6. The summed E-state index contributed by atoms with van der Waals surface area (Å²) in [5.41, 5.74) is 1.10. The van der Waals surface area contributed by atoms with Gasteiger partial charge in [-0.1, -0.05) is 6.07 Å². The standard InChI is InChI=1S/C21H38N4O6Si/c1-5-28-21(27)25-19-12-9-11-18(17-19)24-20(26)23-15-14-22-13-10-16-32(29-6-2,30-7-3)31-8-4/h9,11-12,17,22H,5-8,10,13-16H2,1-4H3,(H,25,27)(H2,23,24,26). The largest absolute Gasteiger partial charge is 0.500 e. The number of carbonyl (C=O) groups excluding carboxylic acids is 2. The number of amides is 3. The number of hydrogen-bond acceptors (Lipinski definition) is 7. The number of carbonyl (C=O) groups is 2. The smallest absolute Gasteiger partial charge is 0.450 e. The maximum atomic E-state index is 12.1. The number of urea groups is 1. The Morgan fingerprint density at radius 1 is 0.844 bits per heavy atom. The second-order valence-electron chi connectivity index (χ2n) is 6.64. The Bertz CT molecular complexity index is 662. The quantitative estimate of drug-likeness (QED) is 0.216. The van der Waals surface area contributed by atoms with Crippen LogP contribution in [0.15, 0.2) is 24.3 Å². The molecule has 0 aromatic heterocycles. The van der Waals surface area contributed by atoms with Crippen molar-refractivity contribution >= 4 is 32.3 Å². The molecule has 0 spiro atoms. The normalized spacial score (nSPS) is 11.1. The van der Waals surface area contributed by atoms with Crippen molar-refractivity contribution in [3.8, 4) is 0 Å². The SMILES string of the molecule is CCOC(=O)Nc1cccc(NC(=O)NCCNCCC[Si](OCC)(OCC)OCC)c1. The van der Waals surface area contributed by atoms with Crippen molar-refractivity contribution in [1.29, 1.82) is 0 Å². The Morgan fingerprint density at radius 2 is 1.47 bits per heavy atom. The number of hydrogen-bond donors (Lipinski definition) is 4. The molecule has 0 aliphatic heterocycles. The fourth-order valence-electron chi connectivity index (χ4n) is 2.96. The van der Waals surface area contributed by atoms with E-state index in [1.807, 2.05) is 20.8 Å². The maximum Gasteiger partial charge on any atom is 0.500 e. The zero-order valence-electron chi connectivity index (χ0n) is 19.6. The summed E-state index contributed by atoms with van der Waals surface area (Å²) in [6.07, 6.45) is 0.322. The Hall–Kier alpha value is -2.18. The van der Waals surface area contributed by atoms with Gasteiger partial charge >= 0.3 is 20.9 Å². The summed E-state index contributed by atoms with van der Waals surface area (Å²) in [5.74, 6) is 0. The molecule has 1 rings (SSSR count). The lowest BCUT2D eigenvalue weighted by molar-refractivity contribution is 0.0708. The van der Waals surface area contributed by atoms with Crippen LogP contribution >= 0.6 is 0 Å². The van der Waals surface area contributed by atoms with Crippen LogP contribution in [-0.2, 0) is 18.0 Å². The summed E-state index contributed by atoms with van der Waals surface area (Å²) in [6.45, 7) is 11.4. The van der Waals surface area contributed by atoms with E-state index in [1.54, 1.807) is 31.2 Å². The first kappa shape index (κ1) is 27.9. The van der Waals surface area contributed by atoms with Gasteiger partial charge in [-0.05, 0) is 58.9 Å². The molecular formula is C21H38N4O6Si. The molecule has 0 saturated heterocycles. The van der Waals surface area contributed by atoms with Crippen molar-refractivity contribution in [2.24, 2.45) is 0 Å². The van der Waals surface area contributed by atoms with E-state index in [0.717, 1.165) is 19.0 Å². The van der Waals surface area contributed by atoms with Gasteiger partial charge in [0.2, 0.25) is 0 Å². The minimum Gasteiger partial charge on any atom is -0.450 e. The predicted octanol–water partition coefficient (Wildman–Crippen LogP) is 3.40. The second-order valence-corrected chi connectivity index (χ2v) is 9.37. The molecular weight excluding hydrogens is 432 g/mol. The van der Waals surface area contributed by atoms with E-state index in [4.69, 9.17) is 18.0 Å². The first-order valence-electron chi connectivity index (χ1n) is 11.2. The molecule has 0 unspecified atom stereocenters. The Labute approximate surface area is 192 Å². The molecule has 11 heteroatoms. The lowest BCUT2D eigenvalue weighted by Crippen LogP contribution is -2.46. The number of benzene rings is 1. The molecule has 0 aliphatic carbocycles. The summed E-state index contributed by atoms with van der Waals surface area (Å²) >= 11 is 0. The van der Waals surface area contributed by atoms with Crippen LogP contribution in [0.25, 0.3) is 0 Å². The van der Waals surface area contributed by atoms with Crippen LogP contribution in [0.5, 0.6) is 0 Å². The third kappa shape index (κ3) is 11.4. The molecule has 1 aromatic rings. The zero-order valence-corrected chi connectivity index (χ0v) is 20.6. The monoisotopic (exact) mass is 470 g/mol. The first-order valence-corrected chi connectivity index (χ1v) is 13.1. The summed E-state index contributed by atoms with van der Waals surface area (Å²) in [6, 6.07) is 7.26. The van der Waals surface area contributed by atoms with Gasteiger partial charge in [-0.2, -0.15) is 0 Å². The van der Waals surface area contributed by atoms with Crippen LogP contribution in [0.3, 0.4) is 0 Å². The van der Waals surface area contributed by atoms with Gasteiger partial charge in [-0.15, -0.1) is 0 Å². The Morgan fingerprint density at radius 3 is 2.06 bits per heavy atom. The Balaban J connectivity index is 2.28. The lowest BCUT2D eigenvalue weighted by Gasteiger charge is -2.28. The molecule has 0 saturated carbocycles. The van der Waals surface area contributed by atoms with Crippen molar-refractivity contribution in [3.05, 3.63) is 24.3 Å². The van der Waals surface area contributed by atoms with Crippen molar-refractivity contribution in [2.45, 2.75) is 40.2 Å². The summed E-state index contributed by atoms with van der Waals surface area (Å²) in [5, 5.41) is 11.4. The minimum absolute atomic E-state index is 0.286. The predicted molar refractivity (Wildman–Crippen MR) is 127 cm³/mol. The van der Waals surface area contributed by atoms with Crippen LogP contribution in [0.1, 0.15) is 34.1 Å². The maximum absolute atomic E-state index is 12.1. The van der Waals surface area contributed by atoms with Gasteiger partial charge in [-0.25, -0.2) is 9.59 Å². The molecule has 32 heavy (non-hydrogen) atoms. The van der Waals surface area contributed by atoms with Crippen molar-refractivity contribution in [2.75, 3.05) is 56.7 Å². The highest BCUT2D eigenvalue weighted by Gasteiger charge is 2.39. The number of rotatable bonds is 16. The van der Waals surface area contributed by atoms with Gasteiger partial charge in [0, 0.05) is 50.3 Å². The van der Waals surface area contributed by atoms with E-state index in [9.17, 15) is 9.59 Å². The molecule has 0 aliphatic rings. The highest BCUT2D eigenvalue weighted by molar-refractivity contribution is 6.60. The minimum atomic E-state index is -2.60. The van der Waals surface area contributed by atoms with Crippen molar-refractivity contribution < 1.29 is 27.6 Å². The van der Waals surface area contributed by atoms with Gasteiger partial charge in [0.1, 0.15) is 0 Å². The number of ether oxygens (including phenoxy) is 1. The van der Waals surface area contributed by atoms with Crippen molar-refractivity contribution in [3.63, 3.8) is 0 Å². The average molecular weight is 471 g/mol. The number of anilines is 2. The molecule has 182 valence electrons. The first-order chi connectivity index (χ1) is 15.5. The van der Waals surface area contributed by atoms with Crippen LogP contribution in [0.2, 0.25) is 6.04 Å². The molecule has 0 radical (unpaired) electrons. The molecule has 3 amide bonds. The third-order valence-electron chi connectivity index (χ3n) is 4.16. The highest BCUT2D eigenvalue weighted by Crippen LogP contribution is 2.18. The van der Waals surface area contributed by atoms with Gasteiger partial charge < -0.3 is 34.0 Å². The van der Waals surface area contributed by atoms with Crippen LogP contribution in [-0.4, -0.2) is 67.0 Å².